The van der Waals surface area contributed by atoms with Gasteiger partial charge in [-0.2, -0.15) is 0 Å². The maximum Gasteiger partial charge on any atom is 0.306 e. The summed E-state index contributed by atoms with van der Waals surface area (Å²) >= 11 is 0. The molecule has 1 saturated carbocycles. The third kappa shape index (κ3) is 1.41. The summed E-state index contributed by atoms with van der Waals surface area (Å²) < 4.78 is 26.7. The Kier molecular flexibility index (Phi) is 1.87. The summed E-state index contributed by atoms with van der Waals surface area (Å²) in [6.07, 6.45) is 1.98. The Labute approximate surface area is 85.6 Å². The number of hydrogen-bond acceptors (Lipinski definition) is 6. The highest BCUT2D eigenvalue weighted by Gasteiger charge is 2.58. The second kappa shape index (κ2) is 2.78. The van der Waals surface area contributed by atoms with Crippen LogP contribution in [0.15, 0.2) is 4.42 Å². The van der Waals surface area contributed by atoms with Crippen LogP contribution in [0.2, 0.25) is 0 Å². The highest BCUT2D eigenvalue weighted by molar-refractivity contribution is 7.91. The van der Waals surface area contributed by atoms with Crippen LogP contribution >= 0.6 is 0 Å². The molecule has 0 saturated heterocycles. The Bertz CT molecular complexity index is 514. The lowest BCUT2D eigenvalue weighted by Gasteiger charge is -2.05. The topological polar surface area (TPSA) is 116 Å². The lowest BCUT2D eigenvalue weighted by molar-refractivity contribution is 0.0965. The van der Waals surface area contributed by atoms with E-state index in [4.69, 9.17) is 10.2 Å². The first-order valence-electron chi connectivity index (χ1n) is 4.20. The molecule has 0 spiro atoms. The summed E-state index contributed by atoms with van der Waals surface area (Å²) in [5.41, 5.74) is 4.92. The number of rotatable bonds is 3. The van der Waals surface area contributed by atoms with Gasteiger partial charge in [0, 0.05) is 6.26 Å². The third-order valence-electron chi connectivity index (χ3n) is 2.44. The van der Waals surface area contributed by atoms with E-state index in [1.54, 1.807) is 0 Å². The minimum absolute atomic E-state index is 0.0428. The van der Waals surface area contributed by atoms with Gasteiger partial charge in [-0.3, -0.25) is 4.79 Å². The minimum atomic E-state index is -3.31. The van der Waals surface area contributed by atoms with Crippen molar-refractivity contribution in [2.24, 2.45) is 5.73 Å². The first kappa shape index (κ1) is 10.1. The number of nitrogens with two attached hydrogens (primary N) is 1. The monoisotopic (exact) mass is 231 g/mol. The molecule has 2 rings (SSSR count). The molecule has 1 aromatic rings. The van der Waals surface area contributed by atoms with Crippen molar-refractivity contribution < 1.29 is 17.6 Å². The molecule has 0 atom stereocenters. The van der Waals surface area contributed by atoms with Crippen LogP contribution in [-0.2, 0) is 14.6 Å². The van der Waals surface area contributed by atoms with Crippen molar-refractivity contribution >= 4 is 15.7 Å². The molecule has 1 aliphatic rings. The van der Waals surface area contributed by atoms with Crippen LogP contribution in [0.3, 0.4) is 0 Å². The molecule has 1 heterocycles. The van der Waals surface area contributed by atoms with Gasteiger partial charge in [0.15, 0.2) is 9.84 Å². The van der Waals surface area contributed by atoms with Crippen molar-refractivity contribution in [3.63, 3.8) is 0 Å². The molecule has 0 unspecified atom stereocenters. The molecule has 1 aromatic heterocycles. The third-order valence-corrected chi connectivity index (χ3v) is 4.44. The van der Waals surface area contributed by atoms with Crippen LogP contribution in [0.4, 0.5) is 0 Å². The van der Waals surface area contributed by atoms with Crippen molar-refractivity contribution in [1.29, 1.82) is 0 Å². The molecule has 82 valence electrons. The summed E-state index contributed by atoms with van der Waals surface area (Å²) in [5.74, 6) is -1.27. The summed E-state index contributed by atoms with van der Waals surface area (Å²) in [6.45, 7) is 0. The number of carbonyl (C=O) groups is 1. The summed E-state index contributed by atoms with van der Waals surface area (Å²) in [4.78, 5) is 10.7. The Morgan fingerprint density at radius 2 is 2.07 bits per heavy atom. The fraction of sp³-hybridized carbons (Fsp3) is 0.571. The molecule has 15 heavy (non-hydrogen) atoms. The molecule has 0 radical (unpaired) electrons. The predicted octanol–water partition coefficient (Wildman–Crippen LogP) is -0.798. The van der Waals surface area contributed by atoms with E-state index in [-0.39, 0.29) is 11.8 Å². The van der Waals surface area contributed by atoms with E-state index in [1.807, 2.05) is 0 Å². The second-order valence-electron chi connectivity index (χ2n) is 3.54. The van der Waals surface area contributed by atoms with Crippen LogP contribution in [0.25, 0.3) is 0 Å². The van der Waals surface area contributed by atoms with Crippen molar-refractivity contribution in [2.75, 3.05) is 6.26 Å². The normalized spacial score (nSPS) is 18.7. The highest BCUT2D eigenvalue weighted by Crippen LogP contribution is 2.51. The summed E-state index contributed by atoms with van der Waals surface area (Å²) in [7, 11) is -3.31. The van der Waals surface area contributed by atoms with Gasteiger partial charge in [-0.15, -0.1) is 10.2 Å². The molecule has 1 aliphatic carbocycles. The lowest BCUT2D eigenvalue weighted by Crippen LogP contribution is -2.19. The predicted molar refractivity (Wildman–Crippen MR) is 48.6 cm³/mol. The van der Waals surface area contributed by atoms with Gasteiger partial charge in [-0.1, -0.05) is 0 Å². The van der Waals surface area contributed by atoms with E-state index in [2.05, 4.69) is 10.2 Å². The molecule has 1 fully saturated rings. The van der Waals surface area contributed by atoms with Crippen LogP contribution < -0.4 is 5.73 Å². The smallest absolute Gasteiger partial charge is 0.306 e. The molecule has 2 N–H and O–H groups in total. The molecule has 0 aliphatic heterocycles. The Hall–Kier alpha value is -1.44. The Morgan fingerprint density at radius 1 is 1.47 bits per heavy atom. The van der Waals surface area contributed by atoms with E-state index in [0.29, 0.717) is 12.8 Å². The number of carbonyl (C=O) groups excluding carboxylic acids is 1. The van der Waals surface area contributed by atoms with E-state index in [9.17, 15) is 13.2 Å². The number of aromatic nitrogens is 2. The summed E-state index contributed by atoms with van der Waals surface area (Å²) in [5, 5.41) is 6.92. The molecule has 7 nitrogen and oxygen atoms in total. The molecule has 0 bridgehead atoms. The zero-order chi connectivity index (χ0) is 11.3. The zero-order valence-corrected chi connectivity index (χ0v) is 8.74. The van der Waals surface area contributed by atoms with Gasteiger partial charge in [0.25, 0.3) is 0 Å². The van der Waals surface area contributed by atoms with Gasteiger partial charge in [0.2, 0.25) is 5.89 Å². The van der Waals surface area contributed by atoms with Gasteiger partial charge in [-0.25, -0.2) is 8.42 Å². The molecule has 0 aromatic carbocycles. The summed E-state index contributed by atoms with van der Waals surface area (Å²) in [6, 6.07) is 0. The zero-order valence-electron chi connectivity index (χ0n) is 7.93. The van der Waals surface area contributed by atoms with E-state index >= 15 is 0 Å². The van der Waals surface area contributed by atoms with Crippen molar-refractivity contribution in [2.45, 2.75) is 17.6 Å². The van der Waals surface area contributed by atoms with Gasteiger partial charge < -0.3 is 10.2 Å². The average molecular weight is 231 g/mol. The van der Waals surface area contributed by atoms with Gasteiger partial charge in [-0.05, 0) is 12.8 Å². The second-order valence-corrected chi connectivity index (χ2v) is 5.87. The number of nitrogens with zero attached hydrogens (tertiary/aromatic N) is 2. The quantitative estimate of drug-likeness (QED) is 0.728. The Balaban J connectivity index is 2.43. The standard InChI is InChI=1S/C7H9N3O4S/c1-15(12,13)7(2-3-7)6-10-9-5(14-6)4(8)11/h2-3H2,1H3,(H2,8,11). The maximum atomic E-state index is 11.5. The van der Waals surface area contributed by atoms with Crippen molar-refractivity contribution in [1.82, 2.24) is 10.2 Å². The fourth-order valence-electron chi connectivity index (χ4n) is 1.36. The van der Waals surface area contributed by atoms with Crippen LogP contribution in [0, 0.1) is 0 Å². The maximum absolute atomic E-state index is 11.5. The lowest BCUT2D eigenvalue weighted by atomic mass is 10.4. The van der Waals surface area contributed by atoms with Gasteiger partial charge >= 0.3 is 11.8 Å². The largest absolute Gasteiger partial charge is 0.415 e. The highest BCUT2D eigenvalue weighted by atomic mass is 32.2. The first-order valence-corrected chi connectivity index (χ1v) is 6.09. The average Bonchev–Trinajstić information content (AvgIpc) is 2.77. The van der Waals surface area contributed by atoms with E-state index in [1.165, 1.54) is 0 Å². The molecule has 8 heteroatoms. The molecular formula is C7H9N3O4S. The molecular weight excluding hydrogens is 222 g/mol. The van der Waals surface area contributed by atoms with Crippen LogP contribution in [0.1, 0.15) is 29.4 Å². The van der Waals surface area contributed by atoms with Crippen molar-refractivity contribution in [3.8, 4) is 0 Å². The van der Waals surface area contributed by atoms with Crippen molar-refractivity contribution in [3.05, 3.63) is 11.8 Å². The fourth-order valence-corrected chi connectivity index (χ4v) is 2.61. The SMILES string of the molecule is CS(=O)(=O)C1(c2nnc(C(N)=O)o2)CC1. The van der Waals surface area contributed by atoms with Crippen LogP contribution in [0.5, 0.6) is 0 Å². The first-order chi connectivity index (χ1) is 6.87. The number of amides is 1. The number of hydrogen-bond donors (Lipinski definition) is 1. The number of primary amides is 1. The van der Waals surface area contributed by atoms with Gasteiger partial charge in [0.05, 0.1) is 0 Å². The van der Waals surface area contributed by atoms with Gasteiger partial charge in [0.1, 0.15) is 4.75 Å². The Morgan fingerprint density at radius 3 is 2.40 bits per heavy atom. The van der Waals surface area contributed by atoms with E-state index in [0.717, 1.165) is 6.26 Å². The minimum Gasteiger partial charge on any atom is -0.415 e. The number of sulfone groups is 1. The van der Waals surface area contributed by atoms with Crippen LogP contribution in [-0.4, -0.2) is 30.8 Å². The molecule has 1 amide bonds. The van der Waals surface area contributed by atoms with E-state index < -0.39 is 20.5 Å².